The van der Waals surface area contributed by atoms with Gasteiger partial charge in [0, 0.05) is 31.3 Å². The molecule has 2 rings (SSSR count). The Morgan fingerprint density at radius 3 is 3.00 bits per heavy atom. The van der Waals surface area contributed by atoms with E-state index in [4.69, 9.17) is 10.5 Å². The highest BCUT2D eigenvalue weighted by Crippen LogP contribution is 2.31. The van der Waals surface area contributed by atoms with Crippen LogP contribution in [0.4, 0.5) is 5.69 Å². The molecule has 1 fully saturated rings. The third-order valence-corrected chi connectivity index (χ3v) is 3.08. The molecule has 1 amide bonds. The third-order valence-electron chi connectivity index (χ3n) is 2.46. The fraction of sp³-hybridized carbons (Fsp3) is 0.400. The van der Waals surface area contributed by atoms with E-state index in [2.05, 4.69) is 20.9 Å². The number of nitrogens with zero attached hydrogens (tertiary/aromatic N) is 2. The molecule has 0 bridgehead atoms. The first-order valence-electron chi connectivity index (χ1n) is 4.87. The van der Waals surface area contributed by atoms with Crippen molar-refractivity contribution in [3.05, 3.63) is 16.7 Å². The molecule has 1 saturated heterocycles. The second-order valence-corrected chi connectivity index (χ2v) is 4.50. The predicted octanol–water partition coefficient (Wildman–Crippen LogP) is 0.917. The van der Waals surface area contributed by atoms with Gasteiger partial charge in [-0.15, -0.1) is 0 Å². The second kappa shape index (κ2) is 4.39. The summed E-state index contributed by atoms with van der Waals surface area (Å²) in [6.45, 7) is 0.532. The molecule has 1 aromatic heterocycles. The van der Waals surface area contributed by atoms with Crippen molar-refractivity contribution < 1.29 is 9.53 Å². The molecule has 1 atom stereocenters. The Balaban J connectivity index is 2.35. The highest BCUT2D eigenvalue weighted by Gasteiger charge is 2.29. The molecule has 0 aliphatic carbocycles. The van der Waals surface area contributed by atoms with Crippen molar-refractivity contribution >= 4 is 27.5 Å². The summed E-state index contributed by atoms with van der Waals surface area (Å²) in [7, 11) is 1.54. The summed E-state index contributed by atoms with van der Waals surface area (Å²) in [5.74, 6) is 0.507. The van der Waals surface area contributed by atoms with Crippen LogP contribution in [0.1, 0.15) is 6.42 Å². The summed E-state index contributed by atoms with van der Waals surface area (Å²) in [4.78, 5) is 17.4. The standard InChI is InChI=1S/C10H12BrN3O2/c1-16-9-3-8(7(11)4-13-9)14-5-6(12)2-10(14)15/h3-4,6H,2,5,12H2,1H3. The summed E-state index contributed by atoms with van der Waals surface area (Å²) in [6.07, 6.45) is 2.00. The molecule has 0 saturated carbocycles. The predicted molar refractivity (Wildman–Crippen MR) is 63.4 cm³/mol. The van der Waals surface area contributed by atoms with Gasteiger partial charge in [-0.1, -0.05) is 0 Å². The lowest BCUT2D eigenvalue weighted by atomic mass is 10.3. The molecule has 1 aliphatic heterocycles. The van der Waals surface area contributed by atoms with Crippen molar-refractivity contribution in [1.82, 2.24) is 4.98 Å². The fourth-order valence-corrected chi connectivity index (χ4v) is 2.13. The van der Waals surface area contributed by atoms with Crippen LogP contribution in [0.5, 0.6) is 5.88 Å². The zero-order valence-corrected chi connectivity index (χ0v) is 10.4. The average molecular weight is 286 g/mol. The SMILES string of the molecule is COc1cc(N2CC(N)CC2=O)c(Br)cn1. The quantitative estimate of drug-likeness (QED) is 0.877. The number of amides is 1. The van der Waals surface area contributed by atoms with Gasteiger partial charge >= 0.3 is 0 Å². The molecule has 86 valence electrons. The third kappa shape index (κ3) is 2.03. The van der Waals surface area contributed by atoms with Crippen molar-refractivity contribution in [2.75, 3.05) is 18.6 Å². The van der Waals surface area contributed by atoms with E-state index in [1.807, 2.05) is 0 Å². The summed E-state index contributed by atoms with van der Waals surface area (Å²) in [6, 6.07) is 1.62. The number of aromatic nitrogens is 1. The maximum Gasteiger partial charge on any atom is 0.228 e. The Bertz CT molecular complexity index is 425. The number of pyridine rings is 1. The van der Waals surface area contributed by atoms with Crippen LogP contribution in [0.25, 0.3) is 0 Å². The summed E-state index contributed by atoms with van der Waals surface area (Å²) in [5.41, 5.74) is 6.50. The lowest BCUT2D eigenvalue weighted by molar-refractivity contribution is -0.117. The van der Waals surface area contributed by atoms with E-state index < -0.39 is 0 Å². The van der Waals surface area contributed by atoms with Crippen molar-refractivity contribution in [3.63, 3.8) is 0 Å². The van der Waals surface area contributed by atoms with Crippen LogP contribution in [0.3, 0.4) is 0 Å². The Kier molecular flexibility index (Phi) is 3.11. The van der Waals surface area contributed by atoms with Crippen LogP contribution >= 0.6 is 15.9 Å². The highest BCUT2D eigenvalue weighted by atomic mass is 79.9. The van der Waals surface area contributed by atoms with Gasteiger partial charge in [-0.2, -0.15) is 0 Å². The van der Waals surface area contributed by atoms with Crippen LogP contribution in [-0.4, -0.2) is 30.6 Å². The molecular formula is C10H12BrN3O2. The number of hydrogen-bond acceptors (Lipinski definition) is 4. The second-order valence-electron chi connectivity index (χ2n) is 3.65. The summed E-state index contributed by atoms with van der Waals surface area (Å²) >= 11 is 3.36. The Morgan fingerprint density at radius 1 is 1.69 bits per heavy atom. The molecule has 2 N–H and O–H groups in total. The van der Waals surface area contributed by atoms with E-state index in [0.29, 0.717) is 18.8 Å². The number of hydrogen-bond donors (Lipinski definition) is 1. The topological polar surface area (TPSA) is 68.5 Å². The Labute approximate surface area is 102 Å². The number of ether oxygens (including phenoxy) is 1. The van der Waals surface area contributed by atoms with E-state index in [1.165, 1.54) is 7.11 Å². The number of methoxy groups -OCH3 is 1. The molecule has 0 aromatic carbocycles. The first-order valence-corrected chi connectivity index (χ1v) is 5.66. The van der Waals surface area contributed by atoms with Gasteiger partial charge in [0.05, 0.1) is 17.3 Å². The molecule has 16 heavy (non-hydrogen) atoms. The molecule has 0 spiro atoms. The van der Waals surface area contributed by atoms with Gasteiger partial charge in [-0.05, 0) is 15.9 Å². The van der Waals surface area contributed by atoms with Gasteiger partial charge in [0.2, 0.25) is 11.8 Å². The normalized spacial score (nSPS) is 20.3. The van der Waals surface area contributed by atoms with Gasteiger partial charge < -0.3 is 15.4 Å². The van der Waals surface area contributed by atoms with Crippen molar-refractivity contribution in [2.24, 2.45) is 5.73 Å². The first kappa shape index (κ1) is 11.3. The van der Waals surface area contributed by atoms with Crippen LogP contribution in [0.2, 0.25) is 0 Å². The molecule has 1 aromatic rings. The van der Waals surface area contributed by atoms with Crippen molar-refractivity contribution in [3.8, 4) is 5.88 Å². The molecule has 6 heteroatoms. The van der Waals surface area contributed by atoms with Gasteiger partial charge in [-0.25, -0.2) is 4.98 Å². The van der Waals surface area contributed by atoms with E-state index in [1.54, 1.807) is 17.2 Å². The highest BCUT2D eigenvalue weighted by molar-refractivity contribution is 9.10. The van der Waals surface area contributed by atoms with Gasteiger partial charge in [0.1, 0.15) is 0 Å². The maximum atomic E-state index is 11.7. The average Bonchev–Trinajstić information content (AvgIpc) is 2.58. The Morgan fingerprint density at radius 2 is 2.44 bits per heavy atom. The molecule has 1 unspecified atom stereocenters. The van der Waals surface area contributed by atoms with Crippen molar-refractivity contribution in [2.45, 2.75) is 12.5 Å². The van der Waals surface area contributed by atoms with Crippen LogP contribution in [-0.2, 0) is 4.79 Å². The lowest BCUT2D eigenvalue weighted by Gasteiger charge is -2.18. The number of carbonyl (C=O) groups is 1. The minimum Gasteiger partial charge on any atom is -0.481 e. The molecular weight excluding hydrogens is 274 g/mol. The van der Waals surface area contributed by atoms with Crippen LogP contribution in [0.15, 0.2) is 16.7 Å². The minimum atomic E-state index is -0.0986. The van der Waals surface area contributed by atoms with E-state index >= 15 is 0 Å². The van der Waals surface area contributed by atoms with Gasteiger partial charge in [-0.3, -0.25) is 4.79 Å². The van der Waals surface area contributed by atoms with Crippen LogP contribution in [0, 0.1) is 0 Å². The molecule has 2 heterocycles. The fourth-order valence-electron chi connectivity index (χ4n) is 1.70. The summed E-state index contributed by atoms with van der Waals surface area (Å²) < 4.78 is 5.79. The largest absolute Gasteiger partial charge is 0.481 e. The van der Waals surface area contributed by atoms with Crippen LogP contribution < -0.4 is 15.4 Å². The monoisotopic (exact) mass is 285 g/mol. The first-order chi connectivity index (χ1) is 7.61. The van der Waals surface area contributed by atoms with Gasteiger partial charge in [0.15, 0.2) is 0 Å². The maximum absolute atomic E-state index is 11.7. The zero-order chi connectivity index (χ0) is 11.7. The number of rotatable bonds is 2. The van der Waals surface area contributed by atoms with Gasteiger partial charge in [0.25, 0.3) is 0 Å². The Hall–Kier alpha value is -1.14. The number of nitrogens with two attached hydrogens (primary N) is 1. The van der Waals surface area contributed by atoms with E-state index in [-0.39, 0.29) is 11.9 Å². The minimum absolute atomic E-state index is 0.0291. The summed E-state index contributed by atoms with van der Waals surface area (Å²) in [5, 5.41) is 0. The zero-order valence-electron chi connectivity index (χ0n) is 8.81. The van der Waals surface area contributed by atoms with E-state index in [0.717, 1.165) is 10.2 Å². The number of halogens is 1. The molecule has 5 nitrogen and oxygen atoms in total. The lowest BCUT2D eigenvalue weighted by Crippen LogP contribution is -2.28. The number of carbonyl (C=O) groups excluding carboxylic acids is 1. The molecule has 0 radical (unpaired) electrons. The van der Waals surface area contributed by atoms with Crippen molar-refractivity contribution in [1.29, 1.82) is 0 Å². The molecule has 1 aliphatic rings. The van der Waals surface area contributed by atoms with E-state index in [9.17, 15) is 4.79 Å². The smallest absolute Gasteiger partial charge is 0.228 e. The number of anilines is 1.